The molecule has 1 fully saturated rings. The maximum absolute atomic E-state index is 12.5. The third-order valence-electron chi connectivity index (χ3n) is 5.26. The lowest BCUT2D eigenvalue weighted by Gasteiger charge is -2.34. The number of halogens is 1. The number of piperazine rings is 1. The number of hydrogen-bond acceptors (Lipinski definition) is 5. The van der Waals surface area contributed by atoms with E-state index in [1.807, 2.05) is 0 Å². The Morgan fingerprint density at radius 3 is 2.53 bits per heavy atom. The quantitative estimate of drug-likeness (QED) is 0.655. The Morgan fingerprint density at radius 2 is 1.83 bits per heavy atom. The standard InChI is InChI=1S/C22H23ClN4O2S/c1-2-15-3-8-18-19(13-15)30-22(25-18)27-11-9-26(10-12-27)20(28)14-24-21(29)16-4-6-17(23)7-5-16/h3-8,13H,2,9-12,14H2,1H3,(H,24,29). The molecule has 6 nitrogen and oxygen atoms in total. The largest absolute Gasteiger partial charge is 0.345 e. The number of aryl methyl sites for hydroxylation is 1. The van der Waals surface area contributed by atoms with Gasteiger partial charge in [0.25, 0.3) is 5.91 Å². The van der Waals surface area contributed by atoms with Gasteiger partial charge in [-0.2, -0.15) is 0 Å². The van der Waals surface area contributed by atoms with E-state index in [9.17, 15) is 9.59 Å². The van der Waals surface area contributed by atoms with Crippen molar-refractivity contribution in [1.29, 1.82) is 0 Å². The van der Waals surface area contributed by atoms with Crippen molar-refractivity contribution in [3.63, 3.8) is 0 Å². The first-order chi connectivity index (χ1) is 14.5. The van der Waals surface area contributed by atoms with Crippen LogP contribution in [-0.4, -0.2) is 54.4 Å². The Hall–Kier alpha value is -2.64. The van der Waals surface area contributed by atoms with Crippen molar-refractivity contribution >= 4 is 50.1 Å². The van der Waals surface area contributed by atoms with E-state index in [1.165, 1.54) is 10.3 Å². The molecule has 0 bridgehead atoms. The summed E-state index contributed by atoms with van der Waals surface area (Å²) >= 11 is 7.54. The number of nitrogens with zero attached hydrogens (tertiary/aromatic N) is 3. The number of amides is 2. The number of thiazole rings is 1. The van der Waals surface area contributed by atoms with E-state index >= 15 is 0 Å². The summed E-state index contributed by atoms with van der Waals surface area (Å²) in [6, 6.07) is 13.0. The predicted octanol–water partition coefficient (Wildman–Crippen LogP) is 3.59. The maximum atomic E-state index is 12.5. The highest BCUT2D eigenvalue weighted by Crippen LogP contribution is 2.30. The summed E-state index contributed by atoms with van der Waals surface area (Å²) in [5.74, 6) is -0.353. The fourth-order valence-electron chi connectivity index (χ4n) is 3.43. The second-order valence-corrected chi connectivity index (χ2v) is 8.66. The predicted molar refractivity (Wildman–Crippen MR) is 122 cm³/mol. The van der Waals surface area contributed by atoms with E-state index in [0.717, 1.165) is 30.2 Å². The number of hydrogen-bond donors (Lipinski definition) is 1. The molecule has 0 saturated carbocycles. The topological polar surface area (TPSA) is 65.5 Å². The van der Waals surface area contributed by atoms with Crippen LogP contribution < -0.4 is 10.2 Å². The van der Waals surface area contributed by atoms with Gasteiger partial charge in [-0.15, -0.1) is 0 Å². The minimum absolute atomic E-state index is 0.0115. The van der Waals surface area contributed by atoms with Gasteiger partial charge < -0.3 is 15.1 Å². The summed E-state index contributed by atoms with van der Waals surface area (Å²) in [7, 11) is 0. The average molecular weight is 443 g/mol. The molecule has 156 valence electrons. The molecule has 1 aliphatic rings. The third-order valence-corrected chi connectivity index (χ3v) is 6.59. The Kier molecular flexibility index (Phi) is 6.20. The van der Waals surface area contributed by atoms with Gasteiger partial charge in [-0.1, -0.05) is 35.9 Å². The van der Waals surface area contributed by atoms with E-state index in [2.05, 4.69) is 35.3 Å². The molecule has 0 spiro atoms. The van der Waals surface area contributed by atoms with Gasteiger partial charge in [0.15, 0.2) is 5.13 Å². The molecule has 1 aliphatic heterocycles. The van der Waals surface area contributed by atoms with Crippen LogP contribution in [0.3, 0.4) is 0 Å². The molecule has 2 amide bonds. The minimum atomic E-state index is -0.278. The molecule has 0 radical (unpaired) electrons. The fraction of sp³-hybridized carbons (Fsp3) is 0.318. The van der Waals surface area contributed by atoms with Crippen molar-refractivity contribution in [2.75, 3.05) is 37.6 Å². The smallest absolute Gasteiger partial charge is 0.251 e. The first-order valence-corrected chi connectivity index (χ1v) is 11.2. The van der Waals surface area contributed by atoms with E-state index in [1.54, 1.807) is 40.5 Å². The van der Waals surface area contributed by atoms with Crippen molar-refractivity contribution in [3.8, 4) is 0 Å². The van der Waals surface area contributed by atoms with E-state index in [-0.39, 0.29) is 18.4 Å². The zero-order valence-electron chi connectivity index (χ0n) is 16.7. The highest BCUT2D eigenvalue weighted by Gasteiger charge is 2.23. The van der Waals surface area contributed by atoms with Gasteiger partial charge in [-0.3, -0.25) is 9.59 Å². The molecule has 0 aliphatic carbocycles. The first kappa shape index (κ1) is 20.6. The van der Waals surface area contributed by atoms with Crippen LogP contribution in [0.4, 0.5) is 5.13 Å². The number of benzene rings is 2. The van der Waals surface area contributed by atoms with Crippen molar-refractivity contribution in [1.82, 2.24) is 15.2 Å². The highest BCUT2D eigenvalue weighted by atomic mass is 35.5. The molecule has 2 aromatic carbocycles. The van der Waals surface area contributed by atoms with Crippen LogP contribution >= 0.6 is 22.9 Å². The van der Waals surface area contributed by atoms with Crippen molar-refractivity contribution in [3.05, 3.63) is 58.6 Å². The number of nitrogens with one attached hydrogen (secondary N) is 1. The normalized spacial score (nSPS) is 14.2. The number of carbonyl (C=O) groups is 2. The van der Waals surface area contributed by atoms with E-state index in [4.69, 9.17) is 16.6 Å². The van der Waals surface area contributed by atoms with Crippen LogP contribution in [0.15, 0.2) is 42.5 Å². The Bertz CT molecular complexity index is 1060. The molecule has 1 aromatic heterocycles. The molecule has 30 heavy (non-hydrogen) atoms. The fourth-order valence-corrected chi connectivity index (χ4v) is 4.64. The Labute approximate surface area is 184 Å². The SMILES string of the molecule is CCc1ccc2nc(N3CCN(C(=O)CNC(=O)c4ccc(Cl)cc4)CC3)sc2c1. The lowest BCUT2D eigenvalue weighted by atomic mass is 10.2. The van der Waals surface area contributed by atoms with Crippen molar-refractivity contribution in [2.24, 2.45) is 0 Å². The number of anilines is 1. The van der Waals surface area contributed by atoms with Crippen LogP contribution in [0.5, 0.6) is 0 Å². The Balaban J connectivity index is 1.30. The molecule has 8 heteroatoms. The van der Waals surface area contributed by atoms with Crippen LogP contribution in [0.2, 0.25) is 5.02 Å². The summed E-state index contributed by atoms with van der Waals surface area (Å²) in [4.78, 5) is 33.4. The summed E-state index contributed by atoms with van der Waals surface area (Å²) in [6.07, 6.45) is 1.01. The van der Waals surface area contributed by atoms with Crippen LogP contribution in [0, 0.1) is 0 Å². The molecule has 1 saturated heterocycles. The highest BCUT2D eigenvalue weighted by molar-refractivity contribution is 7.22. The van der Waals surface area contributed by atoms with Gasteiger partial charge in [0.2, 0.25) is 5.91 Å². The summed E-state index contributed by atoms with van der Waals surface area (Å²) < 4.78 is 1.20. The first-order valence-electron chi connectivity index (χ1n) is 9.99. The number of carbonyl (C=O) groups excluding carboxylic acids is 2. The monoisotopic (exact) mass is 442 g/mol. The molecule has 3 aromatic rings. The summed E-state index contributed by atoms with van der Waals surface area (Å²) in [5, 5.41) is 4.26. The number of rotatable bonds is 5. The van der Waals surface area contributed by atoms with E-state index in [0.29, 0.717) is 23.7 Å². The summed E-state index contributed by atoms with van der Waals surface area (Å²) in [6.45, 7) is 4.84. The second kappa shape index (κ2) is 9.02. The Morgan fingerprint density at radius 1 is 1.10 bits per heavy atom. The van der Waals surface area contributed by atoms with Crippen LogP contribution in [0.1, 0.15) is 22.8 Å². The molecular weight excluding hydrogens is 420 g/mol. The lowest BCUT2D eigenvalue weighted by molar-refractivity contribution is -0.130. The lowest BCUT2D eigenvalue weighted by Crippen LogP contribution is -2.51. The maximum Gasteiger partial charge on any atom is 0.251 e. The van der Waals surface area contributed by atoms with Crippen molar-refractivity contribution < 1.29 is 9.59 Å². The molecular formula is C22H23ClN4O2S. The van der Waals surface area contributed by atoms with Gasteiger partial charge >= 0.3 is 0 Å². The van der Waals surface area contributed by atoms with Gasteiger partial charge in [0, 0.05) is 36.8 Å². The van der Waals surface area contributed by atoms with Crippen LogP contribution in [0.25, 0.3) is 10.2 Å². The van der Waals surface area contributed by atoms with E-state index < -0.39 is 0 Å². The van der Waals surface area contributed by atoms with Gasteiger partial charge in [0.1, 0.15) is 0 Å². The van der Waals surface area contributed by atoms with Crippen LogP contribution in [-0.2, 0) is 11.2 Å². The molecule has 4 rings (SSSR count). The van der Waals surface area contributed by atoms with Gasteiger partial charge in [0.05, 0.1) is 16.8 Å². The third kappa shape index (κ3) is 4.57. The number of aromatic nitrogens is 1. The second-order valence-electron chi connectivity index (χ2n) is 7.21. The number of fused-ring (bicyclic) bond motifs is 1. The molecule has 0 atom stereocenters. The molecule has 1 N–H and O–H groups in total. The minimum Gasteiger partial charge on any atom is -0.345 e. The zero-order chi connectivity index (χ0) is 21.1. The average Bonchev–Trinajstić information content (AvgIpc) is 3.21. The molecule has 0 unspecified atom stereocenters. The van der Waals surface area contributed by atoms with Crippen molar-refractivity contribution in [2.45, 2.75) is 13.3 Å². The summed E-state index contributed by atoms with van der Waals surface area (Å²) in [5.41, 5.74) is 2.82. The van der Waals surface area contributed by atoms with Gasteiger partial charge in [-0.25, -0.2) is 4.98 Å². The zero-order valence-corrected chi connectivity index (χ0v) is 18.3. The van der Waals surface area contributed by atoms with Gasteiger partial charge in [-0.05, 0) is 48.4 Å². The molecule has 2 heterocycles.